The maximum absolute atomic E-state index is 13.2. The Balaban J connectivity index is 1.70. The van der Waals surface area contributed by atoms with E-state index in [4.69, 9.17) is 11.6 Å². The minimum atomic E-state index is -3.80. The summed E-state index contributed by atoms with van der Waals surface area (Å²) in [7, 11) is -3.80. The van der Waals surface area contributed by atoms with Crippen molar-refractivity contribution in [3.8, 4) is 0 Å². The second kappa shape index (κ2) is 10.8. The molecule has 0 saturated carbocycles. The first-order chi connectivity index (χ1) is 17.8. The van der Waals surface area contributed by atoms with E-state index in [0.717, 1.165) is 16.5 Å². The molecule has 4 rings (SSSR count). The summed E-state index contributed by atoms with van der Waals surface area (Å²) in [5.74, 6) is 0.153. The average molecular weight is 552 g/mol. The molecule has 1 aromatic heterocycles. The van der Waals surface area contributed by atoms with Gasteiger partial charge in [0.15, 0.2) is 0 Å². The quantitative estimate of drug-likeness (QED) is 0.252. The summed E-state index contributed by atoms with van der Waals surface area (Å²) in [5, 5.41) is 4.24. The van der Waals surface area contributed by atoms with Gasteiger partial charge in [0.1, 0.15) is 5.69 Å². The second-order valence-corrected chi connectivity index (χ2v) is 13.1. The maximum atomic E-state index is 13.2. The van der Waals surface area contributed by atoms with Gasteiger partial charge >= 0.3 is 0 Å². The number of amides is 1. The van der Waals surface area contributed by atoms with E-state index in [1.807, 2.05) is 30.5 Å². The Labute approximate surface area is 230 Å². The summed E-state index contributed by atoms with van der Waals surface area (Å²) in [4.78, 5) is 13.3. The zero-order chi connectivity index (χ0) is 27.7. The lowest BCUT2D eigenvalue weighted by molar-refractivity contribution is 0.0940. The van der Waals surface area contributed by atoms with Crippen LogP contribution in [-0.2, 0) is 22.0 Å². The first-order valence-corrected chi connectivity index (χ1v) is 14.5. The summed E-state index contributed by atoms with van der Waals surface area (Å²) in [5.41, 5.74) is 4.14. The molecule has 0 saturated heterocycles. The highest BCUT2D eigenvalue weighted by molar-refractivity contribution is 7.92. The summed E-state index contributed by atoms with van der Waals surface area (Å²) in [6.45, 7) is 11.7. The summed E-state index contributed by atoms with van der Waals surface area (Å²) >= 11 is 5.90. The summed E-state index contributed by atoms with van der Waals surface area (Å²) < 4.78 is 30.4. The average Bonchev–Trinajstić information content (AvgIpc) is 3.19. The van der Waals surface area contributed by atoms with Crippen molar-refractivity contribution in [1.82, 2.24) is 9.88 Å². The first-order valence-electron chi connectivity index (χ1n) is 12.6. The molecule has 0 spiro atoms. The third-order valence-corrected chi connectivity index (χ3v) is 7.99. The van der Waals surface area contributed by atoms with E-state index in [-0.39, 0.29) is 16.2 Å². The number of fused-ring (bicyclic) bond motifs is 1. The molecule has 6 nitrogen and oxygen atoms in total. The molecule has 0 fully saturated rings. The monoisotopic (exact) mass is 551 g/mol. The van der Waals surface area contributed by atoms with Gasteiger partial charge < -0.3 is 9.88 Å². The number of carbonyl (C=O) groups is 1. The predicted molar refractivity (Wildman–Crippen MR) is 156 cm³/mol. The number of benzene rings is 3. The van der Waals surface area contributed by atoms with Crippen LogP contribution in [0.15, 0.2) is 77.7 Å². The van der Waals surface area contributed by atoms with E-state index >= 15 is 0 Å². The van der Waals surface area contributed by atoms with Gasteiger partial charge in [0.2, 0.25) is 0 Å². The molecule has 3 aromatic carbocycles. The van der Waals surface area contributed by atoms with Gasteiger partial charge in [0.25, 0.3) is 15.9 Å². The Hall–Kier alpha value is -3.29. The summed E-state index contributed by atoms with van der Waals surface area (Å²) in [6, 6.07) is 21.6. The van der Waals surface area contributed by atoms with E-state index < -0.39 is 10.0 Å². The number of aromatic nitrogens is 1. The first kappa shape index (κ1) is 27.7. The summed E-state index contributed by atoms with van der Waals surface area (Å²) in [6.07, 6.45) is 0. The van der Waals surface area contributed by atoms with Crippen molar-refractivity contribution in [2.75, 3.05) is 11.3 Å². The van der Waals surface area contributed by atoms with Crippen molar-refractivity contribution in [3.63, 3.8) is 0 Å². The number of nitrogens with zero attached hydrogens (tertiary/aromatic N) is 1. The molecular formula is C30H34ClN3O3S. The molecule has 0 aliphatic rings. The predicted octanol–water partition coefficient (Wildman–Crippen LogP) is 6.83. The normalized spacial score (nSPS) is 12.2. The van der Waals surface area contributed by atoms with Gasteiger partial charge in [-0.1, -0.05) is 70.5 Å². The smallest absolute Gasteiger partial charge is 0.267 e. The molecule has 200 valence electrons. The van der Waals surface area contributed by atoms with Gasteiger partial charge in [-0.2, -0.15) is 0 Å². The minimum Gasteiger partial charge on any atom is -0.351 e. The van der Waals surface area contributed by atoms with Crippen molar-refractivity contribution in [2.24, 2.45) is 5.92 Å². The van der Waals surface area contributed by atoms with E-state index in [1.165, 1.54) is 29.8 Å². The van der Waals surface area contributed by atoms with Gasteiger partial charge in [-0.3, -0.25) is 9.52 Å². The van der Waals surface area contributed by atoms with Crippen molar-refractivity contribution in [2.45, 2.75) is 51.5 Å². The van der Waals surface area contributed by atoms with E-state index in [2.05, 4.69) is 55.1 Å². The minimum absolute atomic E-state index is 0.0519. The van der Waals surface area contributed by atoms with E-state index in [1.54, 1.807) is 12.1 Å². The third kappa shape index (κ3) is 6.40. The number of anilines is 1. The number of carbonyl (C=O) groups excluding carboxylic acids is 1. The molecular weight excluding hydrogens is 518 g/mol. The third-order valence-electron chi connectivity index (χ3n) is 6.34. The van der Waals surface area contributed by atoms with Gasteiger partial charge in [0.05, 0.1) is 4.90 Å². The standard InChI is InChI=1S/C30H34ClN3O3S/c1-20(2)18-32-29(35)28-17-22-16-25(33-38(36,37)26-13-10-24(31)11-14-26)12-15-27(22)34(28)19-21-6-8-23(9-7-21)30(3,4)5/h6-17,20,33H,18-19H2,1-5H3,(H,32,35). The van der Waals surface area contributed by atoms with Crippen LogP contribution in [0.2, 0.25) is 5.02 Å². The SMILES string of the molecule is CC(C)CNC(=O)c1cc2cc(NS(=O)(=O)c3ccc(Cl)cc3)ccc2n1Cc1ccc(C(C)(C)C)cc1. The molecule has 38 heavy (non-hydrogen) atoms. The molecule has 0 unspecified atom stereocenters. The lowest BCUT2D eigenvalue weighted by Gasteiger charge is -2.19. The fourth-order valence-electron chi connectivity index (χ4n) is 4.20. The second-order valence-electron chi connectivity index (χ2n) is 11.0. The largest absolute Gasteiger partial charge is 0.351 e. The van der Waals surface area contributed by atoms with Crippen molar-refractivity contribution in [1.29, 1.82) is 0 Å². The van der Waals surface area contributed by atoms with Crippen molar-refractivity contribution < 1.29 is 13.2 Å². The molecule has 8 heteroatoms. The topological polar surface area (TPSA) is 80.2 Å². The van der Waals surface area contributed by atoms with Crippen molar-refractivity contribution >= 4 is 44.1 Å². The van der Waals surface area contributed by atoms with Crippen LogP contribution < -0.4 is 10.0 Å². The molecule has 4 aromatic rings. The van der Waals surface area contributed by atoms with Crippen LogP contribution in [0.25, 0.3) is 10.9 Å². The molecule has 0 atom stereocenters. The van der Waals surface area contributed by atoms with Crippen LogP contribution in [0.4, 0.5) is 5.69 Å². The van der Waals surface area contributed by atoms with Crippen LogP contribution in [0.5, 0.6) is 0 Å². The lowest BCUT2D eigenvalue weighted by atomic mass is 9.87. The number of hydrogen-bond acceptors (Lipinski definition) is 3. The number of sulfonamides is 1. The molecule has 1 amide bonds. The van der Waals surface area contributed by atoms with Gasteiger partial charge in [-0.15, -0.1) is 0 Å². The van der Waals surface area contributed by atoms with Crippen LogP contribution in [0.3, 0.4) is 0 Å². The molecule has 2 N–H and O–H groups in total. The Bertz CT molecular complexity index is 1550. The van der Waals surface area contributed by atoms with Crippen LogP contribution in [0.1, 0.15) is 56.2 Å². The van der Waals surface area contributed by atoms with Gasteiger partial charge in [0, 0.05) is 34.7 Å². The fraction of sp³-hybridized carbons (Fsp3) is 0.300. The molecule has 0 radical (unpaired) electrons. The van der Waals surface area contributed by atoms with E-state index in [0.29, 0.717) is 35.4 Å². The van der Waals surface area contributed by atoms with E-state index in [9.17, 15) is 13.2 Å². The van der Waals surface area contributed by atoms with Crippen LogP contribution in [0, 0.1) is 5.92 Å². The Kier molecular flexibility index (Phi) is 7.90. The molecule has 1 heterocycles. The highest BCUT2D eigenvalue weighted by Gasteiger charge is 2.19. The lowest BCUT2D eigenvalue weighted by Crippen LogP contribution is -2.29. The molecule has 0 aliphatic heterocycles. The molecule has 0 bridgehead atoms. The zero-order valence-electron chi connectivity index (χ0n) is 22.4. The Morgan fingerprint density at radius 2 is 1.61 bits per heavy atom. The fourth-order valence-corrected chi connectivity index (χ4v) is 5.38. The van der Waals surface area contributed by atoms with Crippen molar-refractivity contribution in [3.05, 3.63) is 94.6 Å². The maximum Gasteiger partial charge on any atom is 0.267 e. The zero-order valence-corrected chi connectivity index (χ0v) is 24.0. The Morgan fingerprint density at radius 1 is 0.947 bits per heavy atom. The van der Waals surface area contributed by atoms with Gasteiger partial charge in [-0.05, 0) is 71.0 Å². The number of halogens is 1. The van der Waals surface area contributed by atoms with Crippen LogP contribution >= 0.6 is 11.6 Å². The highest BCUT2D eigenvalue weighted by atomic mass is 35.5. The Morgan fingerprint density at radius 3 is 2.21 bits per heavy atom. The van der Waals surface area contributed by atoms with Gasteiger partial charge in [-0.25, -0.2) is 8.42 Å². The van der Waals surface area contributed by atoms with Crippen LogP contribution in [-0.4, -0.2) is 25.4 Å². The number of hydrogen-bond donors (Lipinski definition) is 2. The highest BCUT2D eigenvalue weighted by Crippen LogP contribution is 2.28. The number of nitrogens with one attached hydrogen (secondary N) is 2. The number of rotatable bonds is 8. The molecule has 0 aliphatic carbocycles.